The minimum absolute atomic E-state index is 0.586. The van der Waals surface area contributed by atoms with E-state index in [1.54, 1.807) is 0 Å². The number of benzene rings is 1. The fourth-order valence-corrected chi connectivity index (χ4v) is 2.74. The third-order valence-electron chi connectivity index (χ3n) is 4.07. The van der Waals surface area contributed by atoms with Crippen LogP contribution < -0.4 is 10.6 Å². The first-order chi connectivity index (χ1) is 10.2. The van der Waals surface area contributed by atoms with E-state index in [4.69, 9.17) is 11.6 Å². The van der Waals surface area contributed by atoms with Gasteiger partial charge in [-0.2, -0.15) is 0 Å². The summed E-state index contributed by atoms with van der Waals surface area (Å²) in [5.74, 6) is 1.65. The van der Waals surface area contributed by atoms with Gasteiger partial charge in [-0.25, -0.2) is 0 Å². The fourth-order valence-electron chi connectivity index (χ4n) is 2.57. The Bertz CT molecular complexity index is 661. The SMILES string of the molecule is CN=C(NCCc1c[nH]c2ccc(Cl)cc12)NC1CC1C. The Balaban J connectivity index is 1.57. The number of aliphatic imine (C=N–C) groups is 1. The molecule has 0 bridgehead atoms. The van der Waals surface area contributed by atoms with Gasteiger partial charge in [-0.3, -0.25) is 4.99 Å². The molecule has 0 saturated heterocycles. The fraction of sp³-hybridized carbons (Fsp3) is 0.438. The van der Waals surface area contributed by atoms with Crippen LogP contribution in [0.5, 0.6) is 0 Å². The third-order valence-corrected chi connectivity index (χ3v) is 4.31. The van der Waals surface area contributed by atoms with Gasteiger partial charge in [0.25, 0.3) is 0 Å². The maximum atomic E-state index is 6.07. The van der Waals surface area contributed by atoms with Crippen LogP contribution >= 0.6 is 11.6 Å². The zero-order valence-electron chi connectivity index (χ0n) is 12.4. The molecule has 1 aliphatic carbocycles. The summed E-state index contributed by atoms with van der Waals surface area (Å²) in [5.41, 5.74) is 2.40. The minimum Gasteiger partial charge on any atom is -0.361 e. The molecule has 2 atom stereocenters. The molecular formula is C16H21ClN4. The number of rotatable bonds is 4. The summed E-state index contributed by atoms with van der Waals surface area (Å²) in [4.78, 5) is 7.55. The minimum atomic E-state index is 0.586. The molecule has 4 nitrogen and oxygen atoms in total. The summed E-state index contributed by atoms with van der Waals surface area (Å²) in [6.45, 7) is 3.10. The van der Waals surface area contributed by atoms with Gasteiger partial charge in [0.1, 0.15) is 0 Å². The molecule has 1 aromatic heterocycles. The van der Waals surface area contributed by atoms with Crippen molar-refractivity contribution in [3.63, 3.8) is 0 Å². The first-order valence-electron chi connectivity index (χ1n) is 7.40. The zero-order valence-corrected chi connectivity index (χ0v) is 13.2. The van der Waals surface area contributed by atoms with Gasteiger partial charge in [0.2, 0.25) is 0 Å². The highest BCUT2D eigenvalue weighted by molar-refractivity contribution is 6.31. The number of hydrogen-bond donors (Lipinski definition) is 3. The Morgan fingerprint density at radius 3 is 3.00 bits per heavy atom. The summed E-state index contributed by atoms with van der Waals surface area (Å²) in [6.07, 6.45) is 4.23. The van der Waals surface area contributed by atoms with Gasteiger partial charge < -0.3 is 15.6 Å². The highest BCUT2D eigenvalue weighted by Gasteiger charge is 2.33. The molecule has 0 spiro atoms. The maximum absolute atomic E-state index is 6.07. The summed E-state index contributed by atoms with van der Waals surface area (Å²) in [6, 6.07) is 6.53. The average molecular weight is 305 g/mol. The Kier molecular flexibility index (Phi) is 4.06. The molecule has 2 aromatic rings. The van der Waals surface area contributed by atoms with E-state index in [-0.39, 0.29) is 0 Å². The molecule has 3 N–H and O–H groups in total. The standard InChI is InChI=1S/C16H21ClN4/c1-10-7-15(10)21-16(18-2)19-6-5-11-9-20-14-4-3-12(17)8-13(11)14/h3-4,8-10,15,20H,5-7H2,1-2H3,(H2,18,19,21). The lowest BCUT2D eigenvalue weighted by Crippen LogP contribution is -2.39. The molecule has 1 aliphatic rings. The van der Waals surface area contributed by atoms with E-state index in [2.05, 4.69) is 33.7 Å². The molecular weight excluding hydrogens is 284 g/mol. The van der Waals surface area contributed by atoms with E-state index in [0.717, 1.165) is 35.4 Å². The van der Waals surface area contributed by atoms with Crippen LogP contribution in [0.4, 0.5) is 0 Å². The van der Waals surface area contributed by atoms with Crippen molar-refractivity contribution in [2.45, 2.75) is 25.8 Å². The molecule has 0 amide bonds. The second kappa shape index (κ2) is 5.98. The number of nitrogens with one attached hydrogen (secondary N) is 3. The van der Waals surface area contributed by atoms with Gasteiger partial charge >= 0.3 is 0 Å². The number of guanidine groups is 1. The van der Waals surface area contributed by atoms with Crippen LogP contribution in [0.1, 0.15) is 18.9 Å². The van der Waals surface area contributed by atoms with E-state index in [1.807, 2.05) is 25.2 Å². The summed E-state index contributed by atoms with van der Waals surface area (Å²) in [7, 11) is 1.81. The maximum Gasteiger partial charge on any atom is 0.191 e. The van der Waals surface area contributed by atoms with Crippen molar-refractivity contribution in [2.24, 2.45) is 10.9 Å². The van der Waals surface area contributed by atoms with Crippen LogP contribution in [0.15, 0.2) is 29.4 Å². The number of hydrogen-bond acceptors (Lipinski definition) is 1. The summed E-state index contributed by atoms with van der Waals surface area (Å²) < 4.78 is 0. The first-order valence-corrected chi connectivity index (χ1v) is 7.78. The topological polar surface area (TPSA) is 52.2 Å². The Hall–Kier alpha value is -1.68. The van der Waals surface area contributed by atoms with Gasteiger partial charge in [0.05, 0.1) is 0 Å². The third kappa shape index (κ3) is 3.32. The Morgan fingerprint density at radius 2 is 2.29 bits per heavy atom. The number of fused-ring (bicyclic) bond motifs is 1. The van der Waals surface area contributed by atoms with Gasteiger partial charge in [0, 0.05) is 41.8 Å². The van der Waals surface area contributed by atoms with Crippen LogP contribution in [0.25, 0.3) is 10.9 Å². The van der Waals surface area contributed by atoms with E-state index < -0.39 is 0 Å². The first kappa shape index (κ1) is 14.3. The van der Waals surface area contributed by atoms with Crippen LogP contribution in [0.2, 0.25) is 5.02 Å². The molecule has 21 heavy (non-hydrogen) atoms. The number of halogens is 1. The number of nitrogens with zero attached hydrogens (tertiary/aromatic N) is 1. The van der Waals surface area contributed by atoms with E-state index in [0.29, 0.717) is 6.04 Å². The largest absolute Gasteiger partial charge is 0.361 e. The summed E-state index contributed by atoms with van der Waals surface area (Å²) >= 11 is 6.07. The smallest absolute Gasteiger partial charge is 0.191 e. The van der Waals surface area contributed by atoms with Crippen molar-refractivity contribution in [1.29, 1.82) is 0 Å². The Morgan fingerprint density at radius 1 is 1.48 bits per heavy atom. The predicted octanol–water partition coefficient (Wildman–Crippen LogP) is 2.94. The number of H-pyrrole nitrogens is 1. The summed E-state index contributed by atoms with van der Waals surface area (Å²) in [5, 5.41) is 8.77. The average Bonchev–Trinajstić information content (AvgIpc) is 3.02. The molecule has 1 heterocycles. The predicted molar refractivity (Wildman–Crippen MR) is 89.1 cm³/mol. The van der Waals surface area contributed by atoms with Crippen molar-refractivity contribution in [3.8, 4) is 0 Å². The van der Waals surface area contributed by atoms with E-state index >= 15 is 0 Å². The second-order valence-electron chi connectivity index (χ2n) is 5.72. The van der Waals surface area contributed by atoms with Gasteiger partial charge in [-0.15, -0.1) is 0 Å². The lowest BCUT2D eigenvalue weighted by molar-refractivity contribution is 0.759. The van der Waals surface area contributed by atoms with Gasteiger partial charge in [0.15, 0.2) is 5.96 Å². The van der Waals surface area contributed by atoms with Crippen molar-refractivity contribution in [2.75, 3.05) is 13.6 Å². The monoisotopic (exact) mass is 304 g/mol. The van der Waals surface area contributed by atoms with Gasteiger partial charge in [-0.05, 0) is 42.5 Å². The molecule has 0 radical (unpaired) electrons. The molecule has 2 unspecified atom stereocenters. The van der Waals surface area contributed by atoms with Crippen LogP contribution in [-0.4, -0.2) is 30.6 Å². The molecule has 3 rings (SSSR count). The molecule has 112 valence electrons. The van der Waals surface area contributed by atoms with Crippen molar-refractivity contribution in [1.82, 2.24) is 15.6 Å². The van der Waals surface area contributed by atoms with E-state index in [1.165, 1.54) is 17.4 Å². The molecule has 1 saturated carbocycles. The second-order valence-corrected chi connectivity index (χ2v) is 6.15. The van der Waals surface area contributed by atoms with Crippen LogP contribution in [0.3, 0.4) is 0 Å². The van der Waals surface area contributed by atoms with Crippen molar-refractivity contribution < 1.29 is 0 Å². The zero-order chi connectivity index (χ0) is 14.8. The highest BCUT2D eigenvalue weighted by Crippen LogP contribution is 2.28. The molecule has 5 heteroatoms. The van der Waals surface area contributed by atoms with Crippen LogP contribution in [-0.2, 0) is 6.42 Å². The molecule has 1 fully saturated rings. The lowest BCUT2D eigenvalue weighted by Gasteiger charge is -2.11. The van der Waals surface area contributed by atoms with Gasteiger partial charge in [-0.1, -0.05) is 18.5 Å². The normalized spacial score (nSPS) is 21.6. The quantitative estimate of drug-likeness (QED) is 0.601. The highest BCUT2D eigenvalue weighted by atomic mass is 35.5. The lowest BCUT2D eigenvalue weighted by atomic mass is 10.1. The van der Waals surface area contributed by atoms with E-state index in [9.17, 15) is 0 Å². The van der Waals surface area contributed by atoms with Crippen molar-refractivity contribution >= 4 is 28.5 Å². The number of aromatic amines is 1. The van der Waals surface area contributed by atoms with Crippen LogP contribution in [0, 0.1) is 5.92 Å². The Labute approximate surface area is 130 Å². The number of aromatic nitrogens is 1. The van der Waals surface area contributed by atoms with Crippen molar-refractivity contribution in [3.05, 3.63) is 35.0 Å². The molecule has 0 aliphatic heterocycles. The molecule has 1 aromatic carbocycles.